The van der Waals surface area contributed by atoms with Gasteiger partial charge < -0.3 is 5.32 Å². The standard InChI is InChI=1S/C24H22N2O3S/c1-3-15-26-22-14-11-18(24(27)25-19-12-9-17(4-2)10-13-19)16-21(22)20-7-5-6-8-23(20)30(26,28)29/h3,5-14,16H,1,4,15H2,2H3,(H,25,27). The Labute approximate surface area is 176 Å². The number of carbonyl (C=O) groups is 1. The molecule has 0 spiro atoms. The molecule has 0 fully saturated rings. The number of hydrogen-bond acceptors (Lipinski definition) is 3. The Kier molecular flexibility index (Phi) is 5.18. The lowest BCUT2D eigenvalue weighted by atomic mass is 10.00. The second-order valence-corrected chi connectivity index (χ2v) is 8.89. The fourth-order valence-electron chi connectivity index (χ4n) is 3.61. The van der Waals surface area contributed by atoms with Crippen molar-refractivity contribution in [3.05, 3.63) is 90.5 Å². The van der Waals surface area contributed by atoms with Crippen LogP contribution in [0, 0.1) is 0 Å². The number of rotatable bonds is 5. The highest BCUT2D eigenvalue weighted by Gasteiger charge is 2.34. The zero-order valence-corrected chi connectivity index (χ0v) is 17.4. The summed E-state index contributed by atoms with van der Waals surface area (Å²) >= 11 is 0. The van der Waals surface area contributed by atoms with Gasteiger partial charge in [-0.1, -0.05) is 43.3 Å². The Morgan fingerprint density at radius 3 is 2.47 bits per heavy atom. The van der Waals surface area contributed by atoms with Crippen LogP contribution < -0.4 is 9.62 Å². The van der Waals surface area contributed by atoms with E-state index < -0.39 is 10.0 Å². The summed E-state index contributed by atoms with van der Waals surface area (Å²) in [7, 11) is -3.69. The van der Waals surface area contributed by atoms with Gasteiger partial charge in [0.25, 0.3) is 15.9 Å². The lowest BCUT2D eigenvalue weighted by Crippen LogP contribution is -2.34. The molecule has 152 valence electrons. The first-order valence-electron chi connectivity index (χ1n) is 9.73. The molecule has 1 heterocycles. The van der Waals surface area contributed by atoms with Gasteiger partial charge >= 0.3 is 0 Å². The second kappa shape index (κ2) is 7.80. The third-order valence-corrected chi connectivity index (χ3v) is 7.03. The quantitative estimate of drug-likeness (QED) is 0.602. The first-order valence-corrected chi connectivity index (χ1v) is 11.2. The Morgan fingerprint density at radius 2 is 1.77 bits per heavy atom. The van der Waals surface area contributed by atoms with Crippen LogP contribution in [0.1, 0.15) is 22.8 Å². The highest BCUT2D eigenvalue weighted by Crippen LogP contribution is 2.43. The molecule has 5 nitrogen and oxygen atoms in total. The van der Waals surface area contributed by atoms with Crippen molar-refractivity contribution in [3.8, 4) is 11.1 Å². The van der Waals surface area contributed by atoms with Crippen molar-refractivity contribution in [2.75, 3.05) is 16.2 Å². The van der Waals surface area contributed by atoms with Gasteiger partial charge in [-0.05, 0) is 48.4 Å². The number of sulfonamides is 1. The number of nitrogens with zero attached hydrogens (tertiary/aromatic N) is 1. The van der Waals surface area contributed by atoms with Crippen molar-refractivity contribution in [1.82, 2.24) is 0 Å². The molecule has 1 amide bonds. The van der Waals surface area contributed by atoms with Crippen LogP contribution in [0.4, 0.5) is 11.4 Å². The molecular weight excluding hydrogens is 396 g/mol. The lowest BCUT2D eigenvalue weighted by Gasteiger charge is -2.31. The van der Waals surface area contributed by atoms with Crippen LogP contribution in [0.2, 0.25) is 0 Å². The molecule has 4 rings (SSSR count). The highest BCUT2D eigenvalue weighted by molar-refractivity contribution is 7.93. The predicted molar refractivity (Wildman–Crippen MR) is 120 cm³/mol. The van der Waals surface area contributed by atoms with E-state index in [1.165, 1.54) is 9.87 Å². The van der Waals surface area contributed by atoms with Crippen molar-refractivity contribution in [3.63, 3.8) is 0 Å². The van der Waals surface area contributed by atoms with Crippen LogP contribution >= 0.6 is 0 Å². The van der Waals surface area contributed by atoms with Crippen LogP contribution in [0.5, 0.6) is 0 Å². The monoisotopic (exact) mass is 418 g/mol. The number of nitrogens with one attached hydrogen (secondary N) is 1. The Hall–Kier alpha value is -3.38. The van der Waals surface area contributed by atoms with E-state index in [1.807, 2.05) is 24.3 Å². The van der Waals surface area contributed by atoms with Gasteiger partial charge in [-0.25, -0.2) is 8.42 Å². The average molecular weight is 419 g/mol. The minimum Gasteiger partial charge on any atom is -0.322 e. The molecule has 6 heteroatoms. The molecule has 3 aromatic rings. The second-order valence-electron chi connectivity index (χ2n) is 7.06. The number of fused-ring (bicyclic) bond motifs is 3. The molecule has 0 radical (unpaired) electrons. The van der Waals surface area contributed by atoms with Crippen molar-refractivity contribution < 1.29 is 13.2 Å². The van der Waals surface area contributed by atoms with E-state index in [-0.39, 0.29) is 17.3 Å². The highest BCUT2D eigenvalue weighted by atomic mass is 32.2. The number of benzene rings is 3. The molecule has 1 aliphatic heterocycles. The Bertz CT molecular complexity index is 1230. The minimum atomic E-state index is -3.69. The first-order chi connectivity index (χ1) is 14.5. The normalized spacial score (nSPS) is 13.8. The van der Waals surface area contributed by atoms with Gasteiger partial charge in [-0.2, -0.15) is 0 Å². The molecule has 0 aromatic heterocycles. The maximum absolute atomic E-state index is 13.1. The first kappa shape index (κ1) is 19.9. The molecule has 0 saturated heterocycles. The van der Waals surface area contributed by atoms with E-state index in [9.17, 15) is 13.2 Å². The number of hydrogen-bond donors (Lipinski definition) is 1. The fraction of sp³-hybridized carbons (Fsp3) is 0.125. The van der Waals surface area contributed by atoms with Gasteiger partial charge in [0.2, 0.25) is 0 Å². The summed E-state index contributed by atoms with van der Waals surface area (Å²) in [5.74, 6) is -0.247. The summed E-state index contributed by atoms with van der Waals surface area (Å²) in [5.41, 5.74) is 4.21. The molecule has 0 saturated carbocycles. The van der Waals surface area contributed by atoms with E-state index in [1.54, 1.807) is 48.5 Å². The molecule has 30 heavy (non-hydrogen) atoms. The number of carbonyl (C=O) groups excluding carboxylic acids is 1. The maximum atomic E-state index is 13.1. The third-order valence-electron chi connectivity index (χ3n) is 5.19. The van der Waals surface area contributed by atoms with Crippen molar-refractivity contribution in [1.29, 1.82) is 0 Å². The molecule has 0 unspecified atom stereocenters. The van der Waals surface area contributed by atoms with Crippen molar-refractivity contribution >= 4 is 27.3 Å². The lowest BCUT2D eigenvalue weighted by molar-refractivity contribution is 0.102. The molecule has 1 aliphatic rings. The summed E-state index contributed by atoms with van der Waals surface area (Å²) in [5, 5.41) is 2.91. The van der Waals surface area contributed by atoms with Crippen LogP contribution in [-0.4, -0.2) is 20.9 Å². The van der Waals surface area contributed by atoms with E-state index in [0.29, 0.717) is 28.1 Å². The molecule has 1 N–H and O–H groups in total. The van der Waals surface area contributed by atoms with Gasteiger partial charge in [0, 0.05) is 22.4 Å². The third kappa shape index (κ3) is 3.39. The molecule has 3 aromatic carbocycles. The van der Waals surface area contributed by atoms with Gasteiger partial charge in [0.1, 0.15) is 0 Å². The van der Waals surface area contributed by atoms with Gasteiger partial charge in [0.15, 0.2) is 0 Å². The smallest absolute Gasteiger partial charge is 0.265 e. The predicted octanol–water partition coefficient (Wildman–Crippen LogP) is 4.86. The molecule has 0 aliphatic carbocycles. The Balaban J connectivity index is 1.75. The summed E-state index contributed by atoms with van der Waals surface area (Å²) < 4.78 is 27.5. The van der Waals surface area contributed by atoms with Crippen LogP contribution in [0.25, 0.3) is 11.1 Å². The van der Waals surface area contributed by atoms with Crippen LogP contribution in [-0.2, 0) is 16.4 Å². The average Bonchev–Trinajstić information content (AvgIpc) is 2.77. The van der Waals surface area contributed by atoms with E-state index >= 15 is 0 Å². The van der Waals surface area contributed by atoms with E-state index in [0.717, 1.165) is 6.42 Å². The fourth-order valence-corrected chi connectivity index (χ4v) is 5.28. The van der Waals surface area contributed by atoms with Crippen LogP contribution in [0.3, 0.4) is 0 Å². The summed E-state index contributed by atoms with van der Waals surface area (Å²) in [6, 6.07) is 19.6. The van der Waals surface area contributed by atoms with Crippen LogP contribution in [0.15, 0.2) is 84.3 Å². The van der Waals surface area contributed by atoms with Crippen molar-refractivity contribution in [2.45, 2.75) is 18.2 Å². The zero-order valence-electron chi connectivity index (χ0n) is 16.6. The topological polar surface area (TPSA) is 66.5 Å². The minimum absolute atomic E-state index is 0.152. The number of aryl methyl sites for hydroxylation is 1. The van der Waals surface area contributed by atoms with E-state index in [2.05, 4.69) is 18.8 Å². The summed E-state index contributed by atoms with van der Waals surface area (Å²) in [6.07, 6.45) is 2.48. The molecule has 0 bridgehead atoms. The van der Waals surface area contributed by atoms with Gasteiger partial charge in [0.05, 0.1) is 17.1 Å². The number of amides is 1. The van der Waals surface area contributed by atoms with Gasteiger partial charge in [-0.3, -0.25) is 9.10 Å². The van der Waals surface area contributed by atoms with Crippen molar-refractivity contribution in [2.24, 2.45) is 0 Å². The Morgan fingerprint density at radius 1 is 1.03 bits per heavy atom. The summed E-state index contributed by atoms with van der Waals surface area (Å²) in [4.78, 5) is 13.1. The maximum Gasteiger partial charge on any atom is 0.265 e. The van der Waals surface area contributed by atoms with E-state index in [4.69, 9.17) is 0 Å². The SMILES string of the molecule is C=CCN1c2ccc(C(=O)Nc3ccc(CC)cc3)cc2-c2ccccc2S1(=O)=O. The largest absolute Gasteiger partial charge is 0.322 e. The summed E-state index contributed by atoms with van der Waals surface area (Å²) in [6.45, 7) is 5.91. The number of anilines is 2. The van der Waals surface area contributed by atoms with Gasteiger partial charge in [-0.15, -0.1) is 6.58 Å². The molecular formula is C24H22N2O3S. The zero-order chi connectivity index (χ0) is 21.3. The molecule has 0 atom stereocenters.